The molecule has 0 aliphatic heterocycles. The minimum absolute atomic E-state index is 0.884. The van der Waals surface area contributed by atoms with E-state index in [0.717, 1.165) is 15.9 Å². The molecule has 0 fully saturated rings. The van der Waals surface area contributed by atoms with E-state index < -0.39 is 0 Å². The first kappa shape index (κ1) is 13.4. The number of aromatic nitrogens is 2. The number of hydrogen-bond acceptors (Lipinski definition) is 2. The third-order valence-corrected chi connectivity index (χ3v) is 2.83. The van der Waals surface area contributed by atoms with Crippen molar-refractivity contribution in [2.45, 2.75) is 0 Å². The lowest BCUT2D eigenvalue weighted by Crippen LogP contribution is -1.79. The molecule has 94 valence electrons. The molecule has 2 nitrogen and oxygen atoms in total. The molecule has 0 saturated carbocycles. The van der Waals surface area contributed by atoms with Crippen LogP contribution in [0.15, 0.2) is 83.7 Å². The van der Waals surface area contributed by atoms with Crippen molar-refractivity contribution in [3.05, 3.63) is 83.7 Å². The molecule has 3 aromatic rings. The molecule has 0 amide bonds. The molecule has 0 N–H and O–H groups in total. The second-order valence-electron chi connectivity index (χ2n) is 3.73. The van der Waals surface area contributed by atoms with Crippen LogP contribution in [0.25, 0.3) is 11.3 Å². The number of pyridine rings is 2. The molecule has 0 bridgehead atoms. The number of benzene rings is 1. The third kappa shape index (κ3) is 4.64. The summed E-state index contributed by atoms with van der Waals surface area (Å²) in [5.74, 6) is 0. The second kappa shape index (κ2) is 7.44. The molecule has 0 radical (unpaired) electrons. The van der Waals surface area contributed by atoms with Gasteiger partial charge in [-0.15, -0.1) is 0 Å². The maximum absolute atomic E-state index is 4.25. The van der Waals surface area contributed by atoms with Gasteiger partial charge in [-0.3, -0.25) is 4.98 Å². The highest BCUT2D eigenvalue weighted by Crippen LogP contribution is 2.14. The maximum atomic E-state index is 4.25. The first-order valence-electron chi connectivity index (χ1n) is 5.89. The zero-order chi connectivity index (χ0) is 13.3. The van der Waals surface area contributed by atoms with Gasteiger partial charge in [0.1, 0.15) is 4.60 Å². The highest BCUT2D eigenvalue weighted by molar-refractivity contribution is 9.10. The molecule has 0 saturated heterocycles. The third-order valence-electron chi connectivity index (χ3n) is 2.36. The van der Waals surface area contributed by atoms with Crippen molar-refractivity contribution in [2.24, 2.45) is 0 Å². The van der Waals surface area contributed by atoms with Crippen molar-refractivity contribution in [2.75, 3.05) is 0 Å². The molecule has 0 atom stereocenters. The van der Waals surface area contributed by atoms with Crippen LogP contribution in [0.3, 0.4) is 0 Å². The molecule has 3 rings (SSSR count). The van der Waals surface area contributed by atoms with Crippen molar-refractivity contribution in [1.82, 2.24) is 9.97 Å². The summed E-state index contributed by atoms with van der Waals surface area (Å²) < 4.78 is 0.884. The van der Waals surface area contributed by atoms with E-state index in [-0.39, 0.29) is 0 Å². The van der Waals surface area contributed by atoms with Crippen molar-refractivity contribution in [3.8, 4) is 11.3 Å². The van der Waals surface area contributed by atoms with Gasteiger partial charge in [0.2, 0.25) is 0 Å². The molecule has 2 heterocycles. The van der Waals surface area contributed by atoms with E-state index in [1.165, 1.54) is 0 Å². The summed E-state index contributed by atoms with van der Waals surface area (Å²) >= 11 is 3.20. The highest BCUT2D eigenvalue weighted by Gasteiger charge is 1.93. The average molecular weight is 313 g/mol. The van der Waals surface area contributed by atoms with Crippen molar-refractivity contribution < 1.29 is 0 Å². The smallest absolute Gasteiger partial charge is 0.106 e. The van der Waals surface area contributed by atoms with Gasteiger partial charge in [-0.05, 0) is 40.2 Å². The zero-order valence-corrected chi connectivity index (χ0v) is 11.9. The SMILES string of the molecule is Brc1ccccn1.c1ccc(-c2ccccn2)cc1. The number of rotatable bonds is 1. The fourth-order valence-corrected chi connectivity index (χ4v) is 1.76. The number of hydrogen-bond donors (Lipinski definition) is 0. The van der Waals surface area contributed by atoms with Crippen molar-refractivity contribution in [1.29, 1.82) is 0 Å². The van der Waals surface area contributed by atoms with Gasteiger partial charge < -0.3 is 0 Å². The van der Waals surface area contributed by atoms with Crippen LogP contribution in [0, 0.1) is 0 Å². The average Bonchev–Trinajstić information content (AvgIpc) is 2.51. The summed E-state index contributed by atoms with van der Waals surface area (Å²) in [6.07, 6.45) is 3.55. The lowest BCUT2D eigenvalue weighted by molar-refractivity contribution is 1.28. The van der Waals surface area contributed by atoms with Gasteiger partial charge in [-0.25, -0.2) is 4.98 Å². The van der Waals surface area contributed by atoms with E-state index in [9.17, 15) is 0 Å². The Morgan fingerprint density at radius 2 is 1.26 bits per heavy atom. The van der Waals surface area contributed by atoms with Gasteiger partial charge >= 0.3 is 0 Å². The van der Waals surface area contributed by atoms with E-state index in [2.05, 4.69) is 38.0 Å². The molecule has 0 spiro atoms. The van der Waals surface area contributed by atoms with Crippen LogP contribution >= 0.6 is 15.9 Å². The normalized spacial score (nSPS) is 9.32. The monoisotopic (exact) mass is 312 g/mol. The first-order valence-corrected chi connectivity index (χ1v) is 6.68. The Morgan fingerprint density at radius 1 is 0.632 bits per heavy atom. The zero-order valence-electron chi connectivity index (χ0n) is 10.3. The molecule has 0 unspecified atom stereocenters. The quantitative estimate of drug-likeness (QED) is 0.614. The second-order valence-corrected chi connectivity index (χ2v) is 4.55. The van der Waals surface area contributed by atoms with Gasteiger partial charge in [0.15, 0.2) is 0 Å². The Hall–Kier alpha value is -2.00. The standard InChI is InChI=1S/C11H9N.C5H4BrN/c1-2-6-10(7-3-1)11-8-4-5-9-12-11;6-5-3-1-2-4-7-5/h1-9H;1-4H. The summed E-state index contributed by atoms with van der Waals surface area (Å²) in [5, 5.41) is 0. The first-order chi connectivity index (χ1) is 9.36. The predicted octanol–water partition coefficient (Wildman–Crippen LogP) is 4.59. The molecule has 1 aromatic carbocycles. The summed E-state index contributed by atoms with van der Waals surface area (Å²) in [7, 11) is 0. The van der Waals surface area contributed by atoms with E-state index in [4.69, 9.17) is 0 Å². The molecular formula is C16H13BrN2. The van der Waals surface area contributed by atoms with Crippen LogP contribution < -0.4 is 0 Å². The molecule has 0 aliphatic carbocycles. The Morgan fingerprint density at radius 3 is 1.74 bits per heavy atom. The molecular weight excluding hydrogens is 300 g/mol. The van der Waals surface area contributed by atoms with Crippen LogP contribution in [-0.2, 0) is 0 Å². The van der Waals surface area contributed by atoms with Gasteiger partial charge in [0.25, 0.3) is 0 Å². The van der Waals surface area contributed by atoms with Gasteiger partial charge in [-0.2, -0.15) is 0 Å². The van der Waals surface area contributed by atoms with E-state index in [0.29, 0.717) is 0 Å². The van der Waals surface area contributed by atoms with Gasteiger partial charge in [0.05, 0.1) is 5.69 Å². The van der Waals surface area contributed by atoms with Crippen molar-refractivity contribution >= 4 is 15.9 Å². The van der Waals surface area contributed by atoms with Crippen LogP contribution in [0.5, 0.6) is 0 Å². The summed E-state index contributed by atoms with van der Waals surface area (Å²) in [4.78, 5) is 8.14. The van der Waals surface area contributed by atoms with Crippen LogP contribution in [0.4, 0.5) is 0 Å². The summed E-state index contributed by atoms with van der Waals surface area (Å²) in [6.45, 7) is 0. The van der Waals surface area contributed by atoms with E-state index in [1.807, 2.05) is 60.8 Å². The summed E-state index contributed by atoms with van der Waals surface area (Å²) in [6, 6.07) is 21.8. The van der Waals surface area contributed by atoms with Gasteiger partial charge in [0, 0.05) is 18.0 Å². The minimum Gasteiger partial charge on any atom is -0.256 e. The van der Waals surface area contributed by atoms with Crippen molar-refractivity contribution in [3.63, 3.8) is 0 Å². The largest absolute Gasteiger partial charge is 0.256 e. The Bertz CT molecular complexity index is 545. The highest BCUT2D eigenvalue weighted by atomic mass is 79.9. The molecule has 19 heavy (non-hydrogen) atoms. The Kier molecular flexibility index (Phi) is 5.26. The van der Waals surface area contributed by atoms with Crippen LogP contribution in [0.1, 0.15) is 0 Å². The van der Waals surface area contributed by atoms with Gasteiger partial charge in [-0.1, -0.05) is 42.5 Å². The fraction of sp³-hybridized carbons (Fsp3) is 0. The number of nitrogens with zero attached hydrogens (tertiary/aromatic N) is 2. The predicted molar refractivity (Wildman–Crippen MR) is 81.6 cm³/mol. The van der Waals surface area contributed by atoms with Crippen LogP contribution in [0.2, 0.25) is 0 Å². The number of halogens is 1. The Balaban J connectivity index is 0.000000163. The fourth-order valence-electron chi connectivity index (χ4n) is 1.48. The molecule has 0 aliphatic rings. The minimum atomic E-state index is 0.884. The lowest BCUT2D eigenvalue weighted by Gasteiger charge is -1.97. The molecule has 3 heteroatoms. The topological polar surface area (TPSA) is 25.8 Å². The maximum Gasteiger partial charge on any atom is 0.106 e. The summed E-state index contributed by atoms with van der Waals surface area (Å²) in [5.41, 5.74) is 2.19. The van der Waals surface area contributed by atoms with Crippen LogP contribution in [-0.4, -0.2) is 9.97 Å². The molecule has 2 aromatic heterocycles. The van der Waals surface area contributed by atoms with E-state index in [1.54, 1.807) is 6.20 Å². The Labute approximate surface area is 121 Å². The van der Waals surface area contributed by atoms with E-state index >= 15 is 0 Å². The lowest BCUT2D eigenvalue weighted by atomic mass is 10.1.